The fourth-order valence-electron chi connectivity index (χ4n) is 4.58. The van der Waals surface area contributed by atoms with Crippen LogP contribution in [0.2, 0.25) is 0 Å². The summed E-state index contributed by atoms with van der Waals surface area (Å²) in [6, 6.07) is 29.2. The Morgan fingerprint density at radius 3 is 2.29 bits per heavy atom. The zero-order valence-electron chi connectivity index (χ0n) is 20.4. The molecule has 38 heavy (non-hydrogen) atoms. The minimum absolute atomic E-state index is 0.218. The zero-order valence-corrected chi connectivity index (χ0v) is 23.6. The number of furan rings is 1. The van der Waals surface area contributed by atoms with Gasteiger partial charge in [0.2, 0.25) is 0 Å². The Balaban J connectivity index is 1.49. The molecule has 0 saturated heterocycles. The normalized spacial score (nSPS) is 15.1. The van der Waals surface area contributed by atoms with E-state index in [0.29, 0.717) is 11.1 Å². The molecule has 0 N–H and O–H groups in total. The maximum Gasteiger partial charge on any atom is 0.310 e. The first kappa shape index (κ1) is 24.6. The van der Waals surface area contributed by atoms with Gasteiger partial charge in [-0.05, 0) is 64.8 Å². The highest BCUT2D eigenvalue weighted by Gasteiger charge is 2.37. The highest BCUT2D eigenvalue weighted by Crippen LogP contribution is 2.39. The molecule has 8 heteroatoms. The molecule has 0 fully saturated rings. The second-order valence-electron chi connectivity index (χ2n) is 9.11. The third kappa shape index (κ3) is 4.77. The van der Waals surface area contributed by atoms with Crippen molar-refractivity contribution in [2.45, 2.75) is 19.4 Å². The van der Waals surface area contributed by atoms with Crippen LogP contribution in [0.3, 0.4) is 0 Å². The highest BCUT2D eigenvalue weighted by atomic mass is 79.9. The molecule has 0 spiro atoms. The number of rotatable bonds is 5. The molecular weight excluding hydrogens is 608 g/mol. The third-order valence-corrected chi connectivity index (χ3v) is 7.48. The van der Waals surface area contributed by atoms with E-state index in [2.05, 4.69) is 63.0 Å². The minimum Gasteiger partial charge on any atom is -0.444 e. The van der Waals surface area contributed by atoms with E-state index in [0.717, 1.165) is 38.3 Å². The number of hydrogen-bond donors (Lipinski definition) is 0. The Labute approximate surface area is 236 Å². The van der Waals surface area contributed by atoms with Crippen LogP contribution < -0.4 is 0 Å². The fraction of sp³-hybridized carbons (Fsp3) is 0.100. The SMILES string of the molecule is Cc1ccc(-c2nn(-c3ccccc3)cc2[C@H]2CC(c3ccc(Br)cc3)=NN2C(=O)c2ccc(Br)o2)cc1. The summed E-state index contributed by atoms with van der Waals surface area (Å²) in [6.45, 7) is 2.06. The molecule has 1 aliphatic rings. The van der Waals surface area contributed by atoms with Crippen LogP contribution in [0.4, 0.5) is 0 Å². The summed E-state index contributed by atoms with van der Waals surface area (Å²) < 4.78 is 8.97. The van der Waals surface area contributed by atoms with Gasteiger partial charge in [0.25, 0.3) is 0 Å². The molecule has 1 aliphatic heterocycles. The number of hydrazone groups is 1. The number of hydrogen-bond acceptors (Lipinski definition) is 4. The lowest BCUT2D eigenvalue weighted by molar-refractivity contribution is 0.0677. The van der Waals surface area contributed by atoms with E-state index in [4.69, 9.17) is 14.6 Å². The lowest BCUT2D eigenvalue weighted by atomic mass is 9.96. The maximum absolute atomic E-state index is 13.7. The summed E-state index contributed by atoms with van der Waals surface area (Å²) in [5.41, 5.74) is 6.58. The summed E-state index contributed by atoms with van der Waals surface area (Å²) in [4.78, 5) is 13.7. The molecule has 0 saturated carbocycles. The molecular formula is C30H22Br2N4O2. The molecule has 0 aliphatic carbocycles. The van der Waals surface area contributed by atoms with E-state index >= 15 is 0 Å². The lowest BCUT2D eigenvalue weighted by Crippen LogP contribution is -2.27. The minimum atomic E-state index is -0.376. The van der Waals surface area contributed by atoms with Gasteiger partial charge in [0.05, 0.1) is 23.1 Å². The Hall–Kier alpha value is -3.75. The standard InChI is InChI=1S/C30H22Br2N4O2/c1-19-7-9-21(10-8-19)29-24(18-35(34-29)23-5-3-2-4-6-23)26-17-25(20-11-13-22(31)14-12-20)33-36(26)30(37)27-15-16-28(32)38-27/h2-16,18,26H,17H2,1H3/t26-/m1/s1. The highest BCUT2D eigenvalue weighted by molar-refractivity contribution is 9.10. The molecule has 188 valence electrons. The first-order chi connectivity index (χ1) is 18.5. The van der Waals surface area contributed by atoms with Gasteiger partial charge in [-0.2, -0.15) is 10.2 Å². The van der Waals surface area contributed by atoms with E-state index < -0.39 is 0 Å². The van der Waals surface area contributed by atoms with Crippen LogP contribution in [-0.4, -0.2) is 26.4 Å². The molecule has 6 nitrogen and oxygen atoms in total. The van der Waals surface area contributed by atoms with Gasteiger partial charge < -0.3 is 4.42 Å². The fourth-order valence-corrected chi connectivity index (χ4v) is 5.15. The van der Waals surface area contributed by atoms with Gasteiger partial charge in [0.15, 0.2) is 10.4 Å². The number of nitrogens with zero attached hydrogens (tertiary/aromatic N) is 4. The first-order valence-corrected chi connectivity index (χ1v) is 13.7. The Bertz CT molecular complexity index is 1640. The van der Waals surface area contributed by atoms with Crippen LogP contribution >= 0.6 is 31.9 Å². The molecule has 0 radical (unpaired) electrons. The largest absolute Gasteiger partial charge is 0.444 e. The van der Waals surface area contributed by atoms with Gasteiger partial charge in [-0.3, -0.25) is 4.79 Å². The summed E-state index contributed by atoms with van der Waals surface area (Å²) in [6.07, 6.45) is 2.54. The van der Waals surface area contributed by atoms with Crippen molar-refractivity contribution in [1.82, 2.24) is 14.8 Å². The quantitative estimate of drug-likeness (QED) is 0.198. The predicted octanol–water partition coefficient (Wildman–Crippen LogP) is 7.96. The van der Waals surface area contributed by atoms with Crippen molar-refractivity contribution >= 4 is 43.5 Å². The molecule has 1 atom stereocenters. The second kappa shape index (κ2) is 10.2. The average Bonchev–Trinajstić information content (AvgIpc) is 3.68. The van der Waals surface area contributed by atoms with Gasteiger partial charge in [-0.1, -0.05) is 76.1 Å². The zero-order chi connectivity index (χ0) is 26.2. The van der Waals surface area contributed by atoms with E-state index in [9.17, 15) is 4.79 Å². The smallest absolute Gasteiger partial charge is 0.310 e. The molecule has 1 amide bonds. The van der Waals surface area contributed by atoms with E-state index in [1.54, 1.807) is 12.1 Å². The summed E-state index contributed by atoms with van der Waals surface area (Å²) in [5, 5.41) is 11.4. The van der Waals surface area contributed by atoms with Crippen molar-refractivity contribution in [3.8, 4) is 16.9 Å². The molecule has 3 aromatic carbocycles. The Morgan fingerprint density at radius 2 is 1.61 bits per heavy atom. The van der Waals surface area contributed by atoms with E-state index in [-0.39, 0.29) is 17.7 Å². The van der Waals surface area contributed by atoms with Crippen molar-refractivity contribution in [3.63, 3.8) is 0 Å². The van der Waals surface area contributed by atoms with Gasteiger partial charge in [0.1, 0.15) is 0 Å². The number of carbonyl (C=O) groups excluding carboxylic acids is 1. The van der Waals surface area contributed by atoms with Crippen molar-refractivity contribution in [2.24, 2.45) is 5.10 Å². The van der Waals surface area contributed by atoms with Gasteiger partial charge >= 0.3 is 5.91 Å². The van der Waals surface area contributed by atoms with Crippen molar-refractivity contribution in [3.05, 3.63) is 129 Å². The van der Waals surface area contributed by atoms with Crippen LogP contribution in [-0.2, 0) is 0 Å². The van der Waals surface area contributed by atoms with Crippen LogP contribution in [0.25, 0.3) is 16.9 Å². The van der Waals surface area contributed by atoms with E-state index in [1.807, 2.05) is 65.5 Å². The number of benzene rings is 3. The number of carbonyl (C=O) groups is 1. The molecule has 6 rings (SSSR count). The lowest BCUT2D eigenvalue weighted by Gasteiger charge is -2.21. The van der Waals surface area contributed by atoms with Gasteiger partial charge in [-0.25, -0.2) is 9.69 Å². The predicted molar refractivity (Wildman–Crippen MR) is 154 cm³/mol. The van der Waals surface area contributed by atoms with Crippen LogP contribution in [0.15, 0.2) is 116 Å². The number of para-hydroxylation sites is 1. The summed E-state index contributed by atoms with van der Waals surface area (Å²) >= 11 is 6.81. The van der Waals surface area contributed by atoms with Crippen molar-refractivity contribution in [1.29, 1.82) is 0 Å². The molecule has 5 aromatic rings. The average molecular weight is 630 g/mol. The molecule has 2 aromatic heterocycles. The third-order valence-electron chi connectivity index (χ3n) is 6.53. The number of halogens is 2. The van der Waals surface area contributed by atoms with Crippen LogP contribution in [0.5, 0.6) is 0 Å². The number of aromatic nitrogens is 2. The van der Waals surface area contributed by atoms with Gasteiger partial charge in [-0.15, -0.1) is 0 Å². The Kier molecular flexibility index (Phi) is 6.59. The monoisotopic (exact) mass is 628 g/mol. The second-order valence-corrected chi connectivity index (χ2v) is 10.8. The van der Waals surface area contributed by atoms with Crippen LogP contribution in [0.1, 0.15) is 39.7 Å². The maximum atomic E-state index is 13.7. The van der Waals surface area contributed by atoms with Gasteiger partial charge in [0, 0.05) is 28.2 Å². The number of amides is 1. The van der Waals surface area contributed by atoms with Crippen molar-refractivity contribution < 1.29 is 9.21 Å². The first-order valence-electron chi connectivity index (χ1n) is 12.1. The number of aryl methyl sites for hydroxylation is 1. The summed E-state index contributed by atoms with van der Waals surface area (Å²) in [7, 11) is 0. The molecule has 0 unspecified atom stereocenters. The van der Waals surface area contributed by atoms with Crippen molar-refractivity contribution in [2.75, 3.05) is 0 Å². The molecule has 0 bridgehead atoms. The topological polar surface area (TPSA) is 63.6 Å². The summed E-state index contributed by atoms with van der Waals surface area (Å²) in [5.74, 6) is -0.0925. The van der Waals surface area contributed by atoms with Crippen LogP contribution in [0, 0.1) is 6.92 Å². The van der Waals surface area contributed by atoms with E-state index in [1.165, 1.54) is 10.6 Å². The Morgan fingerprint density at radius 1 is 0.895 bits per heavy atom. The molecule has 3 heterocycles.